The van der Waals surface area contributed by atoms with E-state index >= 15 is 0 Å². The van der Waals surface area contributed by atoms with Crippen LogP contribution in [-0.4, -0.2) is 16.3 Å². The van der Waals surface area contributed by atoms with E-state index in [9.17, 15) is 9.59 Å². The molecule has 0 radical (unpaired) electrons. The molecule has 70 valence electrons. The Labute approximate surface area is 87.8 Å². The van der Waals surface area contributed by atoms with Gasteiger partial charge in [-0.25, -0.2) is 4.98 Å². The van der Waals surface area contributed by atoms with Crippen LogP contribution in [0.4, 0.5) is 0 Å². The van der Waals surface area contributed by atoms with Gasteiger partial charge in [0, 0.05) is 6.07 Å². The Kier molecular flexibility index (Phi) is 2.95. The first-order valence-electron chi connectivity index (χ1n) is 3.07. The first kappa shape index (κ1) is 10.5. The van der Waals surface area contributed by atoms with Gasteiger partial charge in [-0.05, 0) is 0 Å². The van der Waals surface area contributed by atoms with Gasteiger partial charge in [-0.1, -0.05) is 34.8 Å². The molecule has 0 aliphatic carbocycles. The molecule has 0 aromatic carbocycles. The van der Waals surface area contributed by atoms with Crippen LogP contribution in [0, 0.1) is 0 Å². The van der Waals surface area contributed by atoms with Crippen molar-refractivity contribution >= 4 is 41.1 Å². The van der Waals surface area contributed by atoms with Crippen molar-refractivity contribution in [3.8, 4) is 0 Å². The van der Waals surface area contributed by atoms with E-state index < -0.39 is 9.35 Å². The highest BCUT2D eigenvalue weighted by molar-refractivity contribution is 6.66. The molecule has 4 nitrogen and oxygen atoms in total. The van der Waals surface area contributed by atoms with Crippen molar-refractivity contribution < 1.29 is 4.79 Å². The number of rotatable bonds is 1. The molecule has 0 unspecified atom stereocenters. The number of halogens is 3. The number of carbonyl (C=O) groups is 1. The molecule has 0 spiro atoms. The number of hydrogen-bond donors (Lipinski definition) is 1. The zero-order valence-electron chi connectivity index (χ0n) is 6.05. The second-order valence-corrected chi connectivity index (χ2v) is 4.42. The SMILES string of the molecule is O=Cc1cc(=O)[nH]c(C(Cl)(Cl)Cl)n1. The molecule has 1 aromatic rings. The topological polar surface area (TPSA) is 62.8 Å². The van der Waals surface area contributed by atoms with Gasteiger partial charge in [-0.2, -0.15) is 0 Å². The van der Waals surface area contributed by atoms with Gasteiger partial charge in [0.2, 0.25) is 3.79 Å². The lowest BCUT2D eigenvalue weighted by Crippen LogP contribution is -2.17. The molecule has 1 aromatic heterocycles. The maximum atomic E-state index is 10.9. The van der Waals surface area contributed by atoms with Crippen LogP contribution < -0.4 is 5.56 Å². The maximum Gasteiger partial charge on any atom is 0.251 e. The summed E-state index contributed by atoms with van der Waals surface area (Å²) < 4.78 is -1.84. The summed E-state index contributed by atoms with van der Waals surface area (Å²) in [6.45, 7) is 0. The number of nitrogens with zero attached hydrogens (tertiary/aromatic N) is 1. The molecular weight excluding hydrogens is 238 g/mol. The molecule has 0 aliphatic heterocycles. The molecule has 0 bridgehead atoms. The number of aldehydes is 1. The number of nitrogens with one attached hydrogen (secondary N) is 1. The summed E-state index contributed by atoms with van der Waals surface area (Å²) in [5, 5.41) is 0. The van der Waals surface area contributed by atoms with E-state index in [1.807, 2.05) is 0 Å². The lowest BCUT2D eigenvalue weighted by Gasteiger charge is -2.08. The number of hydrogen-bond acceptors (Lipinski definition) is 3. The van der Waals surface area contributed by atoms with Crippen molar-refractivity contribution in [1.29, 1.82) is 0 Å². The number of aromatic amines is 1. The van der Waals surface area contributed by atoms with Crippen molar-refractivity contribution in [1.82, 2.24) is 9.97 Å². The number of H-pyrrole nitrogens is 1. The molecule has 0 saturated carbocycles. The van der Waals surface area contributed by atoms with Crippen molar-refractivity contribution in [2.75, 3.05) is 0 Å². The quantitative estimate of drug-likeness (QED) is 0.597. The Hall–Kier alpha value is -0.580. The molecule has 0 saturated heterocycles. The van der Waals surface area contributed by atoms with E-state index in [2.05, 4.69) is 9.97 Å². The molecule has 1 heterocycles. The van der Waals surface area contributed by atoms with Gasteiger partial charge in [0.1, 0.15) is 5.69 Å². The molecule has 7 heteroatoms. The Bertz CT molecular complexity index is 382. The summed E-state index contributed by atoms with van der Waals surface area (Å²) in [7, 11) is 0. The number of aromatic nitrogens is 2. The lowest BCUT2D eigenvalue weighted by molar-refractivity contribution is 0.111. The minimum Gasteiger partial charge on any atom is -0.307 e. The zero-order chi connectivity index (χ0) is 10.1. The fourth-order valence-corrected chi connectivity index (χ4v) is 0.940. The van der Waals surface area contributed by atoms with Crippen molar-refractivity contribution in [2.24, 2.45) is 0 Å². The summed E-state index contributed by atoms with van der Waals surface area (Å²) in [5.41, 5.74) is -0.622. The van der Waals surface area contributed by atoms with Gasteiger partial charge >= 0.3 is 0 Å². The van der Waals surface area contributed by atoms with Gasteiger partial charge in [0.15, 0.2) is 12.1 Å². The number of alkyl halides is 3. The standard InChI is InChI=1S/C6H3Cl3N2O2/c7-6(8,9)5-10-3(2-12)1-4(13)11-5/h1-2H,(H,10,11,13). The van der Waals surface area contributed by atoms with E-state index in [4.69, 9.17) is 34.8 Å². The van der Waals surface area contributed by atoms with Crippen molar-refractivity contribution in [3.05, 3.63) is 27.9 Å². The Morgan fingerprint density at radius 1 is 1.46 bits per heavy atom. The van der Waals surface area contributed by atoms with E-state index in [1.165, 1.54) is 0 Å². The van der Waals surface area contributed by atoms with Crippen molar-refractivity contribution in [2.45, 2.75) is 3.79 Å². The third-order valence-electron chi connectivity index (χ3n) is 1.15. The van der Waals surface area contributed by atoms with Crippen LogP contribution in [0.5, 0.6) is 0 Å². The van der Waals surface area contributed by atoms with Crippen molar-refractivity contribution in [3.63, 3.8) is 0 Å². The average Bonchev–Trinajstić information content (AvgIpc) is 2.01. The van der Waals surface area contributed by atoms with Crippen LogP contribution in [-0.2, 0) is 3.79 Å². The summed E-state index contributed by atoms with van der Waals surface area (Å²) in [6.07, 6.45) is 0.398. The summed E-state index contributed by atoms with van der Waals surface area (Å²) >= 11 is 16.3. The Morgan fingerprint density at radius 2 is 2.08 bits per heavy atom. The lowest BCUT2D eigenvalue weighted by atomic mass is 10.4. The van der Waals surface area contributed by atoms with E-state index in [0.29, 0.717) is 6.29 Å². The fraction of sp³-hybridized carbons (Fsp3) is 0.167. The van der Waals surface area contributed by atoms with Gasteiger partial charge in [-0.15, -0.1) is 0 Å². The predicted octanol–water partition coefficient (Wildman–Crippen LogP) is 1.41. The van der Waals surface area contributed by atoms with Gasteiger partial charge in [-0.3, -0.25) is 9.59 Å². The minimum absolute atomic E-state index is 0.0786. The first-order chi connectivity index (χ1) is 5.93. The van der Waals surface area contributed by atoms with Gasteiger partial charge in [0.05, 0.1) is 0 Å². The van der Waals surface area contributed by atoms with E-state index in [-0.39, 0.29) is 11.5 Å². The summed E-state index contributed by atoms with van der Waals surface area (Å²) in [4.78, 5) is 27.0. The van der Waals surface area contributed by atoms with Crippen LogP contribution in [0.1, 0.15) is 16.3 Å². The smallest absolute Gasteiger partial charge is 0.251 e. The maximum absolute atomic E-state index is 10.9. The third kappa shape index (κ3) is 2.69. The molecule has 0 fully saturated rings. The predicted molar refractivity (Wildman–Crippen MR) is 49.5 cm³/mol. The number of carbonyl (C=O) groups excluding carboxylic acids is 1. The second kappa shape index (κ2) is 3.65. The zero-order valence-corrected chi connectivity index (χ0v) is 8.32. The molecule has 1 rings (SSSR count). The molecule has 0 atom stereocenters. The highest BCUT2D eigenvalue weighted by Crippen LogP contribution is 2.34. The normalized spacial score (nSPS) is 11.3. The first-order valence-corrected chi connectivity index (χ1v) is 4.20. The van der Waals surface area contributed by atoms with Gasteiger partial charge in [0.25, 0.3) is 5.56 Å². The largest absolute Gasteiger partial charge is 0.307 e. The Morgan fingerprint density at radius 3 is 2.54 bits per heavy atom. The van der Waals surface area contributed by atoms with E-state index in [1.54, 1.807) is 0 Å². The van der Waals surface area contributed by atoms with E-state index in [0.717, 1.165) is 6.07 Å². The second-order valence-electron chi connectivity index (χ2n) is 2.13. The summed E-state index contributed by atoms with van der Waals surface area (Å²) in [5.74, 6) is -0.174. The fourth-order valence-electron chi connectivity index (χ4n) is 0.671. The van der Waals surface area contributed by atoms with Crippen LogP contribution in [0.15, 0.2) is 10.9 Å². The third-order valence-corrected chi connectivity index (χ3v) is 1.69. The van der Waals surface area contributed by atoms with Crippen LogP contribution in [0.2, 0.25) is 0 Å². The highest BCUT2D eigenvalue weighted by atomic mass is 35.6. The molecular formula is C6H3Cl3N2O2. The highest BCUT2D eigenvalue weighted by Gasteiger charge is 2.26. The van der Waals surface area contributed by atoms with Crippen LogP contribution in [0.3, 0.4) is 0 Å². The minimum atomic E-state index is -1.84. The molecule has 0 amide bonds. The molecule has 0 aliphatic rings. The van der Waals surface area contributed by atoms with Crippen LogP contribution >= 0.6 is 34.8 Å². The molecule has 1 N–H and O–H groups in total. The summed E-state index contributed by atoms with van der Waals surface area (Å²) in [6, 6.07) is 1.01. The van der Waals surface area contributed by atoms with Crippen LogP contribution in [0.25, 0.3) is 0 Å². The molecule has 13 heavy (non-hydrogen) atoms. The average molecular weight is 241 g/mol. The monoisotopic (exact) mass is 240 g/mol. The van der Waals surface area contributed by atoms with Gasteiger partial charge < -0.3 is 4.98 Å². The Balaban J connectivity index is 3.32.